The molecule has 0 aromatic carbocycles. The highest BCUT2D eigenvalue weighted by Gasteiger charge is 2.09. The van der Waals surface area contributed by atoms with Crippen molar-refractivity contribution >= 4 is 0 Å². The van der Waals surface area contributed by atoms with E-state index < -0.39 is 0 Å². The lowest BCUT2D eigenvalue weighted by Gasteiger charge is -2.07. The highest BCUT2D eigenvalue weighted by Crippen LogP contribution is 2.22. The summed E-state index contributed by atoms with van der Waals surface area (Å²) < 4.78 is 5.23. The van der Waals surface area contributed by atoms with Gasteiger partial charge in [-0.15, -0.1) is 0 Å². The molecule has 1 heterocycles. The summed E-state index contributed by atoms with van der Waals surface area (Å²) in [5.74, 6) is 0.877. The van der Waals surface area contributed by atoms with Gasteiger partial charge < -0.3 is 9.52 Å². The van der Waals surface area contributed by atoms with Crippen molar-refractivity contribution < 1.29 is 9.52 Å². The fraction of sp³-hybridized carbons (Fsp3) is 0.778. The number of aliphatic hydroxyl groups is 1. The van der Waals surface area contributed by atoms with E-state index in [1.807, 2.05) is 13.0 Å². The Labute approximate surface area is 124 Å². The molecule has 0 saturated heterocycles. The summed E-state index contributed by atoms with van der Waals surface area (Å²) in [6.45, 7) is 4.18. The van der Waals surface area contributed by atoms with Gasteiger partial charge in [-0.3, -0.25) is 0 Å². The van der Waals surface area contributed by atoms with Crippen LogP contribution >= 0.6 is 0 Å². The molecule has 0 bridgehead atoms. The van der Waals surface area contributed by atoms with E-state index in [1.54, 1.807) is 6.26 Å². The second-order valence-electron chi connectivity index (χ2n) is 5.98. The first-order valence-corrected chi connectivity index (χ1v) is 8.47. The average molecular weight is 280 g/mol. The molecule has 0 aliphatic carbocycles. The van der Waals surface area contributed by atoms with E-state index >= 15 is 0 Å². The highest BCUT2D eigenvalue weighted by atomic mass is 16.3. The molecule has 1 atom stereocenters. The summed E-state index contributed by atoms with van der Waals surface area (Å²) in [6, 6.07) is 1.93. The van der Waals surface area contributed by atoms with Crippen LogP contribution in [0.4, 0.5) is 0 Å². The Bertz CT molecular complexity index is 330. The maximum Gasteiger partial charge on any atom is 0.101 e. The molecule has 1 rings (SSSR count). The molecule has 0 amide bonds. The van der Waals surface area contributed by atoms with Crippen molar-refractivity contribution in [3.8, 4) is 0 Å². The van der Waals surface area contributed by atoms with Gasteiger partial charge in [-0.05, 0) is 19.4 Å². The maximum atomic E-state index is 10.00. The van der Waals surface area contributed by atoms with E-state index in [4.69, 9.17) is 4.42 Å². The zero-order valence-corrected chi connectivity index (χ0v) is 13.4. The van der Waals surface area contributed by atoms with Crippen molar-refractivity contribution in [2.45, 2.75) is 90.6 Å². The van der Waals surface area contributed by atoms with Gasteiger partial charge in [0.1, 0.15) is 5.76 Å². The molecule has 0 spiro atoms. The summed E-state index contributed by atoms with van der Waals surface area (Å²) >= 11 is 0. The molecular formula is C18H32O2. The topological polar surface area (TPSA) is 33.4 Å². The van der Waals surface area contributed by atoms with Crippen LogP contribution in [0.1, 0.15) is 95.0 Å². The number of rotatable bonds is 12. The van der Waals surface area contributed by atoms with Crippen LogP contribution in [0.25, 0.3) is 0 Å². The van der Waals surface area contributed by atoms with Crippen LogP contribution in [-0.4, -0.2) is 5.11 Å². The summed E-state index contributed by atoms with van der Waals surface area (Å²) in [6.07, 6.45) is 15.5. The van der Waals surface area contributed by atoms with Gasteiger partial charge in [0.15, 0.2) is 0 Å². The maximum absolute atomic E-state index is 10.00. The van der Waals surface area contributed by atoms with E-state index in [1.165, 1.54) is 57.8 Å². The minimum Gasteiger partial charge on any atom is -0.469 e. The Morgan fingerprint density at radius 2 is 1.50 bits per heavy atom. The molecule has 116 valence electrons. The molecule has 2 nitrogen and oxygen atoms in total. The second kappa shape index (κ2) is 11.0. The Balaban J connectivity index is 1.89. The van der Waals surface area contributed by atoms with E-state index in [0.717, 1.165) is 24.2 Å². The third-order valence-corrected chi connectivity index (χ3v) is 3.97. The molecule has 20 heavy (non-hydrogen) atoms. The van der Waals surface area contributed by atoms with Gasteiger partial charge in [-0.1, -0.05) is 71.1 Å². The van der Waals surface area contributed by atoms with Crippen molar-refractivity contribution in [2.24, 2.45) is 0 Å². The molecule has 1 unspecified atom stereocenters. The van der Waals surface area contributed by atoms with Crippen LogP contribution in [-0.2, 0) is 0 Å². The first-order valence-electron chi connectivity index (χ1n) is 8.47. The molecule has 0 radical (unpaired) electrons. The Kier molecular flexibility index (Phi) is 9.48. The highest BCUT2D eigenvalue weighted by molar-refractivity contribution is 5.14. The largest absolute Gasteiger partial charge is 0.469 e. The van der Waals surface area contributed by atoms with Gasteiger partial charge >= 0.3 is 0 Å². The standard InChI is InChI=1S/C18H32O2/c1-3-4-5-6-7-8-9-10-11-12-13-18(19)17-14-16(2)20-15-17/h14-15,18-19H,3-13H2,1-2H3. The van der Waals surface area contributed by atoms with Gasteiger partial charge in [0.05, 0.1) is 12.4 Å². The summed E-state index contributed by atoms with van der Waals surface area (Å²) in [4.78, 5) is 0. The van der Waals surface area contributed by atoms with Crippen LogP contribution in [0.15, 0.2) is 16.7 Å². The van der Waals surface area contributed by atoms with E-state index in [-0.39, 0.29) is 6.10 Å². The fourth-order valence-corrected chi connectivity index (χ4v) is 2.63. The van der Waals surface area contributed by atoms with Crippen LogP contribution in [0.3, 0.4) is 0 Å². The fourth-order valence-electron chi connectivity index (χ4n) is 2.63. The number of aryl methyl sites for hydroxylation is 1. The predicted octanol–water partition coefficient (Wildman–Crippen LogP) is 5.93. The monoisotopic (exact) mass is 280 g/mol. The molecule has 0 aliphatic heterocycles. The van der Waals surface area contributed by atoms with Gasteiger partial charge in [0.2, 0.25) is 0 Å². The number of hydrogen-bond donors (Lipinski definition) is 1. The van der Waals surface area contributed by atoms with Crippen molar-refractivity contribution in [3.05, 3.63) is 23.7 Å². The summed E-state index contributed by atoms with van der Waals surface area (Å²) in [7, 11) is 0. The first-order chi connectivity index (χ1) is 9.74. The third kappa shape index (κ3) is 7.74. The number of unbranched alkanes of at least 4 members (excludes halogenated alkanes) is 9. The minimum absolute atomic E-state index is 0.346. The quantitative estimate of drug-likeness (QED) is 0.481. The predicted molar refractivity (Wildman–Crippen MR) is 84.9 cm³/mol. The van der Waals surface area contributed by atoms with Gasteiger partial charge in [0, 0.05) is 5.56 Å². The number of furan rings is 1. The smallest absolute Gasteiger partial charge is 0.101 e. The lowest BCUT2D eigenvalue weighted by molar-refractivity contribution is 0.162. The molecule has 1 N–H and O–H groups in total. The molecular weight excluding hydrogens is 248 g/mol. The third-order valence-electron chi connectivity index (χ3n) is 3.97. The molecule has 1 aromatic heterocycles. The Hall–Kier alpha value is -0.760. The molecule has 2 heteroatoms. The van der Waals surface area contributed by atoms with Crippen molar-refractivity contribution in [1.29, 1.82) is 0 Å². The van der Waals surface area contributed by atoms with E-state index in [0.29, 0.717) is 0 Å². The van der Waals surface area contributed by atoms with E-state index in [2.05, 4.69) is 6.92 Å². The molecule has 0 saturated carbocycles. The van der Waals surface area contributed by atoms with Gasteiger partial charge in [-0.2, -0.15) is 0 Å². The minimum atomic E-state index is -0.346. The van der Waals surface area contributed by atoms with Crippen molar-refractivity contribution in [3.63, 3.8) is 0 Å². The van der Waals surface area contributed by atoms with Gasteiger partial charge in [-0.25, -0.2) is 0 Å². The van der Waals surface area contributed by atoms with Crippen LogP contribution in [0.2, 0.25) is 0 Å². The van der Waals surface area contributed by atoms with E-state index in [9.17, 15) is 5.11 Å². The van der Waals surface area contributed by atoms with Crippen LogP contribution in [0, 0.1) is 6.92 Å². The zero-order chi connectivity index (χ0) is 14.6. The van der Waals surface area contributed by atoms with Gasteiger partial charge in [0.25, 0.3) is 0 Å². The van der Waals surface area contributed by atoms with Crippen LogP contribution in [0.5, 0.6) is 0 Å². The Morgan fingerprint density at radius 1 is 0.950 bits per heavy atom. The molecule has 0 fully saturated rings. The zero-order valence-electron chi connectivity index (χ0n) is 13.4. The molecule has 0 aliphatic rings. The van der Waals surface area contributed by atoms with Crippen molar-refractivity contribution in [1.82, 2.24) is 0 Å². The average Bonchev–Trinajstić information content (AvgIpc) is 2.87. The second-order valence-corrected chi connectivity index (χ2v) is 5.98. The lowest BCUT2D eigenvalue weighted by atomic mass is 10.0. The number of aliphatic hydroxyl groups excluding tert-OH is 1. The SMILES string of the molecule is CCCCCCCCCCCCC(O)c1coc(C)c1. The first kappa shape index (κ1) is 17.3. The van der Waals surface area contributed by atoms with Crippen molar-refractivity contribution in [2.75, 3.05) is 0 Å². The van der Waals surface area contributed by atoms with Crippen LogP contribution < -0.4 is 0 Å². The normalized spacial score (nSPS) is 12.8. The summed E-state index contributed by atoms with van der Waals surface area (Å²) in [5.41, 5.74) is 0.929. The Morgan fingerprint density at radius 3 is 2.00 bits per heavy atom. The lowest BCUT2D eigenvalue weighted by Crippen LogP contribution is -1.95. The number of hydrogen-bond acceptors (Lipinski definition) is 2. The summed E-state index contributed by atoms with van der Waals surface area (Å²) in [5, 5.41) is 10.00. The molecule has 1 aromatic rings.